The number of anilines is 1. The number of hydrogen-bond acceptors (Lipinski definition) is 4. The Morgan fingerprint density at radius 2 is 1.74 bits per heavy atom. The summed E-state index contributed by atoms with van der Waals surface area (Å²) >= 11 is 8.15. The van der Waals surface area contributed by atoms with Gasteiger partial charge in [-0.3, -0.25) is 0 Å². The maximum atomic E-state index is 14.9. The quantitative estimate of drug-likeness (QED) is 0.470. The summed E-state index contributed by atoms with van der Waals surface area (Å²) in [4.78, 5) is 4.43. The summed E-state index contributed by atoms with van der Waals surface area (Å²) in [5.74, 6) is 0.909. The number of piperidine rings is 1. The highest BCUT2D eigenvalue weighted by Crippen LogP contribution is 2.50. The van der Waals surface area contributed by atoms with E-state index in [-0.39, 0.29) is 11.0 Å². The smallest absolute Gasteiger partial charge is 0.135 e. The molecule has 0 radical (unpaired) electrons. The SMILES string of the molecule is C=C(c1c(F)cc(CCCN2CCC3(CC2)C(=C)Nc2ccc(Cl)cc23)cc1F)N1CCSCC1. The van der Waals surface area contributed by atoms with Crippen LogP contribution in [0.2, 0.25) is 5.02 Å². The number of aryl methyl sites for hydroxylation is 1. The van der Waals surface area contributed by atoms with E-state index in [1.165, 1.54) is 17.7 Å². The van der Waals surface area contributed by atoms with Gasteiger partial charge in [-0.05, 0) is 86.8 Å². The van der Waals surface area contributed by atoms with Crippen molar-refractivity contribution in [3.8, 4) is 0 Å². The topological polar surface area (TPSA) is 18.5 Å². The standard InChI is InChI=1S/C28H32ClF2N3S/c1-19(34-12-14-35-15-13-34)27-24(30)16-21(17-25(27)31)4-3-9-33-10-7-28(8-11-33)20(2)32-26-6-5-22(29)18-23(26)28/h5-6,16-18,32H,1-4,7-15H2. The molecule has 3 aliphatic rings. The second-order valence-corrected chi connectivity index (χ2v) is 11.5. The maximum absolute atomic E-state index is 14.9. The Labute approximate surface area is 216 Å². The van der Waals surface area contributed by atoms with Crippen LogP contribution in [0.25, 0.3) is 5.70 Å². The third kappa shape index (κ3) is 4.85. The van der Waals surface area contributed by atoms with Gasteiger partial charge >= 0.3 is 0 Å². The molecular weight excluding hydrogens is 484 g/mol. The molecule has 1 N–H and O–H groups in total. The van der Waals surface area contributed by atoms with E-state index in [1.54, 1.807) is 0 Å². The van der Waals surface area contributed by atoms with Crippen molar-refractivity contribution in [1.82, 2.24) is 9.80 Å². The molecule has 7 heteroatoms. The molecule has 35 heavy (non-hydrogen) atoms. The summed E-state index contributed by atoms with van der Waals surface area (Å²) < 4.78 is 29.8. The molecule has 0 unspecified atom stereocenters. The Kier molecular flexibility index (Phi) is 7.16. The van der Waals surface area contributed by atoms with Crippen molar-refractivity contribution in [2.45, 2.75) is 31.1 Å². The zero-order chi connectivity index (χ0) is 24.6. The van der Waals surface area contributed by atoms with E-state index in [4.69, 9.17) is 11.6 Å². The molecule has 0 bridgehead atoms. The van der Waals surface area contributed by atoms with Gasteiger partial charge in [-0.2, -0.15) is 11.8 Å². The highest BCUT2D eigenvalue weighted by Gasteiger charge is 2.44. The number of thioether (sulfide) groups is 1. The molecule has 1 spiro atoms. The van der Waals surface area contributed by atoms with E-state index in [0.29, 0.717) is 17.7 Å². The van der Waals surface area contributed by atoms with Crippen LogP contribution < -0.4 is 5.32 Å². The van der Waals surface area contributed by atoms with Crippen LogP contribution in [0.4, 0.5) is 14.5 Å². The van der Waals surface area contributed by atoms with Crippen molar-refractivity contribution in [3.63, 3.8) is 0 Å². The molecule has 0 aromatic heterocycles. The summed E-state index contributed by atoms with van der Waals surface area (Å²) in [5.41, 5.74) is 4.55. The molecule has 0 aliphatic carbocycles. The van der Waals surface area contributed by atoms with Crippen LogP contribution in [0.15, 0.2) is 49.2 Å². The highest BCUT2D eigenvalue weighted by atomic mass is 35.5. The van der Waals surface area contributed by atoms with Crippen molar-refractivity contribution in [1.29, 1.82) is 0 Å². The van der Waals surface area contributed by atoms with Crippen LogP contribution in [-0.2, 0) is 11.8 Å². The molecule has 0 amide bonds. The van der Waals surface area contributed by atoms with Crippen LogP contribution in [0.5, 0.6) is 0 Å². The van der Waals surface area contributed by atoms with E-state index in [9.17, 15) is 8.78 Å². The zero-order valence-electron chi connectivity index (χ0n) is 20.0. The summed E-state index contributed by atoms with van der Waals surface area (Å²) in [6, 6.07) is 9.00. The van der Waals surface area contributed by atoms with E-state index in [2.05, 4.69) is 29.4 Å². The molecule has 0 atom stereocenters. The predicted molar refractivity (Wildman–Crippen MR) is 144 cm³/mol. The van der Waals surface area contributed by atoms with Crippen molar-refractivity contribution < 1.29 is 8.78 Å². The third-order valence-corrected chi connectivity index (χ3v) is 8.97. The zero-order valence-corrected chi connectivity index (χ0v) is 21.6. The van der Waals surface area contributed by atoms with Gasteiger partial charge in [0.25, 0.3) is 0 Å². The number of nitrogens with zero attached hydrogens (tertiary/aromatic N) is 2. The van der Waals surface area contributed by atoms with Gasteiger partial charge in [0.15, 0.2) is 0 Å². The number of rotatable bonds is 6. The van der Waals surface area contributed by atoms with E-state index < -0.39 is 11.6 Å². The molecule has 0 saturated carbocycles. The molecule has 2 aromatic carbocycles. The highest BCUT2D eigenvalue weighted by molar-refractivity contribution is 7.99. The third-order valence-electron chi connectivity index (χ3n) is 7.79. The largest absolute Gasteiger partial charge is 0.370 e. The molecule has 3 heterocycles. The number of allylic oxidation sites excluding steroid dienone is 1. The summed E-state index contributed by atoms with van der Waals surface area (Å²) in [6.45, 7) is 12.7. The lowest BCUT2D eigenvalue weighted by Crippen LogP contribution is -2.43. The number of halogens is 3. The normalized spacial score (nSPS) is 19.6. The number of nitrogens with one attached hydrogen (secondary N) is 1. The van der Waals surface area contributed by atoms with E-state index in [1.807, 2.05) is 28.8 Å². The van der Waals surface area contributed by atoms with Crippen LogP contribution in [0.3, 0.4) is 0 Å². The van der Waals surface area contributed by atoms with Crippen molar-refractivity contribution >= 4 is 34.7 Å². The molecule has 186 valence electrons. The molecule has 5 rings (SSSR count). The summed E-state index contributed by atoms with van der Waals surface area (Å²) in [7, 11) is 0. The summed E-state index contributed by atoms with van der Waals surface area (Å²) in [6.07, 6.45) is 3.48. The van der Waals surface area contributed by atoms with Gasteiger partial charge in [0.1, 0.15) is 11.6 Å². The van der Waals surface area contributed by atoms with Crippen LogP contribution in [0.1, 0.15) is 36.0 Å². The Morgan fingerprint density at radius 1 is 1.06 bits per heavy atom. The second-order valence-electron chi connectivity index (χ2n) is 9.80. The molecular formula is C28H32ClF2N3S. The van der Waals surface area contributed by atoms with Crippen LogP contribution in [0, 0.1) is 11.6 Å². The first-order chi connectivity index (χ1) is 16.9. The predicted octanol–water partition coefficient (Wildman–Crippen LogP) is 6.54. The van der Waals surface area contributed by atoms with E-state index >= 15 is 0 Å². The minimum atomic E-state index is -0.507. The first kappa shape index (κ1) is 24.7. The first-order valence-corrected chi connectivity index (χ1v) is 13.9. The van der Waals surface area contributed by atoms with Gasteiger partial charge in [-0.25, -0.2) is 8.78 Å². The fourth-order valence-electron chi connectivity index (χ4n) is 5.74. The Bertz CT molecular complexity index is 1110. The number of likely N-dealkylation sites (tertiary alicyclic amines) is 1. The van der Waals surface area contributed by atoms with Crippen molar-refractivity contribution in [2.75, 3.05) is 49.5 Å². The minimum Gasteiger partial charge on any atom is -0.370 e. The van der Waals surface area contributed by atoms with Gasteiger partial charge in [-0.15, -0.1) is 0 Å². The molecule has 3 nitrogen and oxygen atoms in total. The number of hydrogen-bond donors (Lipinski definition) is 1. The maximum Gasteiger partial charge on any atom is 0.135 e. The van der Waals surface area contributed by atoms with Gasteiger partial charge in [-0.1, -0.05) is 24.8 Å². The fraction of sp³-hybridized carbons (Fsp3) is 0.429. The number of fused-ring (bicyclic) bond motifs is 2. The van der Waals surface area contributed by atoms with Crippen LogP contribution >= 0.6 is 23.4 Å². The average molecular weight is 516 g/mol. The lowest BCUT2D eigenvalue weighted by atomic mass is 9.72. The van der Waals surface area contributed by atoms with Gasteiger partial charge in [0.05, 0.1) is 5.56 Å². The average Bonchev–Trinajstić information content (AvgIpc) is 3.11. The van der Waals surface area contributed by atoms with Crippen molar-refractivity contribution in [3.05, 3.63) is 82.5 Å². The van der Waals surface area contributed by atoms with Crippen LogP contribution in [-0.4, -0.2) is 54.0 Å². The Hall–Kier alpha value is -2.02. The van der Waals surface area contributed by atoms with Gasteiger partial charge in [0, 0.05) is 52.1 Å². The Morgan fingerprint density at radius 3 is 2.43 bits per heavy atom. The fourth-order valence-corrected chi connectivity index (χ4v) is 6.81. The molecule has 2 aromatic rings. The molecule has 2 saturated heterocycles. The van der Waals surface area contributed by atoms with Gasteiger partial charge in [0.2, 0.25) is 0 Å². The monoisotopic (exact) mass is 515 g/mol. The van der Waals surface area contributed by atoms with E-state index in [0.717, 1.165) is 79.9 Å². The second kappa shape index (κ2) is 10.2. The lowest BCUT2D eigenvalue weighted by molar-refractivity contribution is 0.179. The first-order valence-electron chi connectivity index (χ1n) is 12.4. The number of benzene rings is 2. The van der Waals surface area contributed by atoms with Crippen molar-refractivity contribution in [2.24, 2.45) is 0 Å². The van der Waals surface area contributed by atoms with Gasteiger partial charge < -0.3 is 15.1 Å². The minimum absolute atomic E-state index is 0.0211. The molecule has 3 aliphatic heterocycles. The lowest BCUT2D eigenvalue weighted by Gasteiger charge is -2.40. The summed E-state index contributed by atoms with van der Waals surface area (Å²) in [5, 5.41) is 4.21. The Balaban J connectivity index is 1.16. The molecule has 2 fully saturated rings.